The van der Waals surface area contributed by atoms with Crippen molar-refractivity contribution in [1.29, 1.82) is 0 Å². The maximum absolute atomic E-state index is 11.7. The number of nitrogens with zero attached hydrogens (tertiary/aromatic N) is 2. The van der Waals surface area contributed by atoms with Crippen molar-refractivity contribution in [3.63, 3.8) is 0 Å². The molecule has 0 aliphatic carbocycles. The highest BCUT2D eigenvalue weighted by molar-refractivity contribution is 6.01. The molecule has 0 bridgehead atoms. The van der Waals surface area contributed by atoms with Gasteiger partial charge < -0.3 is 10.2 Å². The van der Waals surface area contributed by atoms with Crippen LogP contribution in [-0.2, 0) is 4.79 Å². The lowest BCUT2D eigenvalue weighted by Crippen LogP contribution is -2.35. The van der Waals surface area contributed by atoms with E-state index in [4.69, 9.17) is 0 Å². The zero-order valence-corrected chi connectivity index (χ0v) is 9.03. The van der Waals surface area contributed by atoms with Gasteiger partial charge in [0, 0.05) is 13.1 Å². The second-order valence-electron chi connectivity index (χ2n) is 4.16. The van der Waals surface area contributed by atoms with Gasteiger partial charge in [0.15, 0.2) is 0 Å². The van der Waals surface area contributed by atoms with E-state index in [0.29, 0.717) is 19.0 Å². The minimum absolute atomic E-state index is 0.0616. The van der Waals surface area contributed by atoms with Crippen LogP contribution >= 0.6 is 0 Å². The summed E-state index contributed by atoms with van der Waals surface area (Å²) in [6.45, 7) is 5.28. The van der Waals surface area contributed by atoms with Gasteiger partial charge in [-0.2, -0.15) is 0 Å². The Labute approximate surface area is 89.4 Å². The highest BCUT2D eigenvalue weighted by Crippen LogP contribution is 2.15. The van der Waals surface area contributed by atoms with Crippen molar-refractivity contribution in [3.8, 4) is 0 Å². The molecule has 5 heteroatoms. The van der Waals surface area contributed by atoms with E-state index in [2.05, 4.69) is 5.32 Å². The fraction of sp³-hybridized carbons (Fsp3) is 0.800. The van der Waals surface area contributed by atoms with Crippen LogP contribution in [0.25, 0.3) is 0 Å². The number of carbonyl (C=O) groups excluding carboxylic acids is 2. The van der Waals surface area contributed by atoms with Crippen LogP contribution < -0.4 is 5.32 Å². The highest BCUT2D eigenvalue weighted by Gasteiger charge is 2.35. The summed E-state index contributed by atoms with van der Waals surface area (Å²) in [6.07, 6.45) is 1.10. The maximum Gasteiger partial charge on any atom is 0.327 e. The smallest absolute Gasteiger partial charge is 0.316 e. The Morgan fingerprint density at radius 3 is 2.80 bits per heavy atom. The molecule has 0 spiro atoms. The summed E-state index contributed by atoms with van der Waals surface area (Å²) in [5.74, 6) is 0.451. The lowest BCUT2D eigenvalue weighted by molar-refractivity contribution is -0.125. The second kappa shape index (κ2) is 4.18. The topological polar surface area (TPSA) is 52.7 Å². The maximum atomic E-state index is 11.7. The summed E-state index contributed by atoms with van der Waals surface area (Å²) in [6, 6.07) is -0.116. The average Bonchev–Trinajstić information content (AvgIpc) is 2.78. The summed E-state index contributed by atoms with van der Waals surface area (Å²) in [5, 5.41) is 3.26. The summed E-state index contributed by atoms with van der Waals surface area (Å²) in [4.78, 5) is 26.2. The number of likely N-dealkylation sites (N-methyl/N-ethyl adjacent to an activating group) is 1. The Bertz CT molecular complexity index is 274. The van der Waals surface area contributed by atoms with Crippen molar-refractivity contribution >= 4 is 11.9 Å². The van der Waals surface area contributed by atoms with Crippen LogP contribution in [0.3, 0.4) is 0 Å². The third-order valence-corrected chi connectivity index (χ3v) is 3.09. The first-order valence-corrected chi connectivity index (χ1v) is 5.52. The van der Waals surface area contributed by atoms with Gasteiger partial charge in [-0.15, -0.1) is 0 Å². The molecular formula is C10H17N3O2. The summed E-state index contributed by atoms with van der Waals surface area (Å²) in [7, 11) is 0. The van der Waals surface area contributed by atoms with Gasteiger partial charge in [-0.3, -0.25) is 9.69 Å². The van der Waals surface area contributed by atoms with Crippen LogP contribution in [-0.4, -0.2) is 54.5 Å². The van der Waals surface area contributed by atoms with E-state index in [1.54, 1.807) is 4.90 Å². The molecule has 3 amide bonds. The fourth-order valence-corrected chi connectivity index (χ4v) is 2.23. The first kappa shape index (κ1) is 10.4. The number of hydrogen-bond donors (Lipinski definition) is 1. The van der Waals surface area contributed by atoms with E-state index in [0.717, 1.165) is 19.5 Å². The van der Waals surface area contributed by atoms with Crippen molar-refractivity contribution < 1.29 is 9.59 Å². The molecule has 2 rings (SSSR count). The molecule has 0 saturated carbocycles. The van der Waals surface area contributed by atoms with Gasteiger partial charge in [0.05, 0.1) is 0 Å². The standard InChI is InChI=1S/C10H17N3O2/c1-2-13-9(14)7-12(10(13)15)6-8-3-4-11-5-8/h8,11H,2-7H2,1H3. The Balaban J connectivity index is 1.93. The first-order valence-electron chi connectivity index (χ1n) is 5.52. The predicted octanol–water partition coefficient (Wildman–Crippen LogP) is -0.120. The van der Waals surface area contributed by atoms with Crippen LogP contribution in [0.1, 0.15) is 13.3 Å². The van der Waals surface area contributed by atoms with Gasteiger partial charge >= 0.3 is 6.03 Å². The molecule has 0 aromatic carbocycles. The third kappa shape index (κ3) is 1.97. The summed E-state index contributed by atoms with van der Waals surface area (Å²) in [5.41, 5.74) is 0. The molecule has 2 aliphatic heterocycles. The van der Waals surface area contributed by atoms with E-state index in [9.17, 15) is 9.59 Å². The number of urea groups is 1. The molecule has 2 fully saturated rings. The molecule has 5 nitrogen and oxygen atoms in total. The molecule has 84 valence electrons. The molecule has 1 N–H and O–H groups in total. The van der Waals surface area contributed by atoms with Gasteiger partial charge in [-0.25, -0.2) is 4.79 Å². The van der Waals surface area contributed by atoms with Crippen molar-refractivity contribution in [1.82, 2.24) is 15.1 Å². The lowest BCUT2D eigenvalue weighted by atomic mass is 10.1. The Kier molecular flexibility index (Phi) is 2.90. The molecular weight excluding hydrogens is 194 g/mol. The van der Waals surface area contributed by atoms with Gasteiger partial charge in [0.1, 0.15) is 6.54 Å². The third-order valence-electron chi connectivity index (χ3n) is 3.09. The Morgan fingerprint density at radius 1 is 1.47 bits per heavy atom. The summed E-state index contributed by atoms with van der Waals surface area (Å²) < 4.78 is 0. The largest absolute Gasteiger partial charge is 0.327 e. The van der Waals surface area contributed by atoms with Crippen LogP contribution in [0.15, 0.2) is 0 Å². The number of amides is 3. The number of carbonyl (C=O) groups is 2. The number of rotatable bonds is 3. The number of hydrogen-bond acceptors (Lipinski definition) is 3. The number of nitrogens with one attached hydrogen (secondary N) is 1. The van der Waals surface area contributed by atoms with E-state index in [1.807, 2.05) is 6.92 Å². The van der Waals surface area contributed by atoms with Gasteiger partial charge in [0.2, 0.25) is 5.91 Å². The summed E-state index contributed by atoms with van der Waals surface area (Å²) >= 11 is 0. The molecule has 0 aromatic heterocycles. The SMILES string of the molecule is CCN1C(=O)CN(CC2CCNC2)C1=O. The fourth-order valence-electron chi connectivity index (χ4n) is 2.23. The quantitative estimate of drug-likeness (QED) is 0.662. The minimum atomic E-state index is -0.116. The van der Waals surface area contributed by atoms with E-state index >= 15 is 0 Å². The van der Waals surface area contributed by atoms with E-state index in [1.165, 1.54) is 4.90 Å². The van der Waals surface area contributed by atoms with Crippen molar-refractivity contribution in [3.05, 3.63) is 0 Å². The molecule has 0 radical (unpaired) electrons. The average molecular weight is 211 g/mol. The van der Waals surface area contributed by atoms with E-state index < -0.39 is 0 Å². The molecule has 2 heterocycles. The highest BCUT2D eigenvalue weighted by atomic mass is 16.2. The van der Waals surface area contributed by atoms with Crippen LogP contribution in [0.4, 0.5) is 4.79 Å². The first-order chi connectivity index (χ1) is 7.22. The monoisotopic (exact) mass is 211 g/mol. The molecule has 0 aromatic rings. The Morgan fingerprint density at radius 2 is 2.27 bits per heavy atom. The number of imide groups is 1. The molecule has 2 aliphatic rings. The zero-order chi connectivity index (χ0) is 10.8. The molecule has 1 atom stereocenters. The Hall–Kier alpha value is -1.10. The van der Waals surface area contributed by atoms with Gasteiger partial charge in [-0.1, -0.05) is 0 Å². The van der Waals surface area contributed by atoms with Crippen molar-refractivity contribution in [2.75, 3.05) is 32.7 Å². The van der Waals surface area contributed by atoms with E-state index in [-0.39, 0.29) is 18.5 Å². The lowest BCUT2D eigenvalue weighted by Gasteiger charge is -2.19. The van der Waals surface area contributed by atoms with Crippen LogP contribution in [0.5, 0.6) is 0 Å². The van der Waals surface area contributed by atoms with Gasteiger partial charge in [0.25, 0.3) is 0 Å². The normalized spacial score (nSPS) is 26.9. The van der Waals surface area contributed by atoms with Crippen molar-refractivity contribution in [2.45, 2.75) is 13.3 Å². The van der Waals surface area contributed by atoms with Crippen LogP contribution in [0.2, 0.25) is 0 Å². The minimum Gasteiger partial charge on any atom is -0.316 e. The second-order valence-corrected chi connectivity index (χ2v) is 4.16. The van der Waals surface area contributed by atoms with Crippen LogP contribution in [0, 0.1) is 5.92 Å². The molecule has 15 heavy (non-hydrogen) atoms. The van der Waals surface area contributed by atoms with Crippen molar-refractivity contribution in [2.24, 2.45) is 5.92 Å². The predicted molar refractivity (Wildman–Crippen MR) is 55.3 cm³/mol. The van der Waals surface area contributed by atoms with Gasteiger partial charge in [-0.05, 0) is 32.4 Å². The molecule has 2 saturated heterocycles. The zero-order valence-electron chi connectivity index (χ0n) is 9.03. The molecule has 1 unspecified atom stereocenters.